The van der Waals surface area contributed by atoms with Crippen LogP contribution in [0.15, 0.2) is 67.1 Å². The van der Waals surface area contributed by atoms with Crippen molar-refractivity contribution in [3.63, 3.8) is 0 Å². The summed E-state index contributed by atoms with van der Waals surface area (Å²) in [7, 11) is 0. The Kier molecular flexibility index (Phi) is 6.24. The normalized spacial score (nSPS) is 13.5. The zero-order valence-electron chi connectivity index (χ0n) is 17.2. The molecule has 0 radical (unpaired) electrons. The molecule has 1 N–H and O–H groups in total. The Morgan fingerprint density at radius 3 is 2.41 bits per heavy atom. The molecule has 4 aromatic rings. The van der Waals surface area contributed by atoms with Crippen LogP contribution >= 0.6 is 0 Å². The first-order valence-electron chi connectivity index (χ1n) is 9.80. The van der Waals surface area contributed by atoms with E-state index in [0.717, 1.165) is 41.5 Å². The van der Waals surface area contributed by atoms with Crippen LogP contribution in [0.25, 0.3) is 0 Å². The van der Waals surface area contributed by atoms with E-state index in [1.165, 1.54) is 18.2 Å². The summed E-state index contributed by atoms with van der Waals surface area (Å²) in [6.07, 6.45) is 1.91. The van der Waals surface area contributed by atoms with Crippen LogP contribution in [0.4, 0.5) is 22.0 Å². The predicted octanol–water partition coefficient (Wildman–Crippen LogP) is 3.74. The van der Waals surface area contributed by atoms with E-state index in [1.807, 2.05) is 0 Å². The number of hydrogen-bond acceptors (Lipinski definition) is 6. The highest BCUT2D eigenvalue weighted by Crippen LogP contribution is 2.46. The lowest BCUT2D eigenvalue weighted by Gasteiger charge is -2.35. The summed E-state index contributed by atoms with van der Waals surface area (Å²) in [5.74, 6) is -7.03. The van der Waals surface area contributed by atoms with Crippen LogP contribution in [-0.4, -0.2) is 30.3 Å². The van der Waals surface area contributed by atoms with Gasteiger partial charge in [-0.2, -0.15) is 8.78 Å². The number of aliphatic hydroxyl groups is 1. The minimum absolute atomic E-state index is 0.0554. The van der Waals surface area contributed by atoms with E-state index in [0.29, 0.717) is 6.07 Å². The molecule has 0 aliphatic heterocycles. The molecule has 0 bridgehead atoms. The molecule has 34 heavy (non-hydrogen) atoms. The number of rotatable bonds is 8. The second-order valence-corrected chi connectivity index (χ2v) is 7.33. The number of tetrazole rings is 1. The van der Waals surface area contributed by atoms with Gasteiger partial charge in [0, 0.05) is 17.2 Å². The monoisotopic (exact) mass is 477 g/mol. The standard InChI is InChI=1S/C22H16F5N5O2/c23-15-5-7-17(19(25)9-15)21(33,12-32-13-29-30-31-32)22(26,27)20-8-6-16(10-28-20)34-11-14-3-1-2-4-18(14)24/h1-10,13,33H,11-12H2. The first-order valence-corrected chi connectivity index (χ1v) is 9.80. The SMILES string of the molecule is OC(Cn1cnnn1)(c1ccc(F)cc1F)C(F)(F)c1ccc(OCc2ccccc2F)cn1. The zero-order chi connectivity index (χ0) is 24.3. The molecule has 12 heteroatoms. The Hall–Kier alpha value is -3.93. The third-order valence-electron chi connectivity index (χ3n) is 5.09. The summed E-state index contributed by atoms with van der Waals surface area (Å²) < 4.78 is 79.1. The van der Waals surface area contributed by atoms with E-state index in [-0.39, 0.29) is 17.9 Å². The maximum absolute atomic E-state index is 15.7. The topological polar surface area (TPSA) is 86.0 Å². The highest BCUT2D eigenvalue weighted by molar-refractivity contribution is 5.32. The summed E-state index contributed by atoms with van der Waals surface area (Å²) in [5, 5.41) is 21.2. The number of ether oxygens (including phenoxy) is 1. The molecule has 4 rings (SSSR count). The number of alkyl halides is 2. The van der Waals surface area contributed by atoms with Gasteiger partial charge in [-0.1, -0.05) is 18.2 Å². The first-order chi connectivity index (χ1) is 16.2. The van der Waals surface area contributed by atoms with Gasteiger partial charge < -0.3 is 9.84 Å². The van der Waals surface area contributed by atoms with E-state index in [2.05, 4.69) is 20.5 Å². The van der Waals surface area contributed by atoms with E-state index in [1.54, 1.807) is 6.07 Å². The quantitative estimate of drug-likeness (QED) is 0.389. The van der Waals surface area contributed by atoms with Crippen molar-refractivity contribution < 1.29 is 31.8 Å². The number of halogens is 5. The largest absolute Gasteiger partial charge is 0.487 e. The highest BCUT2D eigenvalue weighted by Gasteiger charge is 2.58. The van der Waals surface area contributed by atoms with E-state index in [4.69, 9.17) is 4.74 Å². The highest BCUT2D eigenvalue weighted by atomic mass is 19.3. The van der Waals surface area contributed by atoms with Crippen LogP contribution in [-0.2, 0) is 24.7 Å². The molecule has 0 saturated heterocycles. The molecule has 0 fully saturated rings. The number of aromatic nitrogens is 5. The van der Waals surface area contributed by atoms with Crippen LogP contribution in [0.1, 0.15) is 16.8 Å². The number of pyridine rings is 1. The maximum atomic E-state index is 15.7. The summed E-state index contributed by atoms with van der Waals surface area (Å²) in [4.78, 5) is 3.67. The van der Waals surface area contributed by atoms with Gasteiger partial charge in [0.25, 0.3) is 0 Å². The van der Waals surface area contributed by atoms with Crippen LogP contribution in [0.2, 0.25) is 0 Å². The fourth-order valence-electron chi connectivity index (χ4n) is 3.31. The minimum Gasteiger partial charge on any atom is -0.487 e. The van der Waals surface area contributed by atoms with E-state index < -0.39 is 46.8 Å². The van der Waals surface area contributed by atoms with Gasteiger partial charge in [-0.15, -0.1) is 5.10 Å². The zero-order valence-corrected chi connectivity index (χ0v) is 17.2. The molecule has 0 spiro atoms. The number of benzene rings is 2. The smallest absolute Gasteiger partial charge is 0.323 e. The van der Waals surface area contributed by atoms with Crippen molar-refractivity contribution in [2.45, 2.75) is 24.7 Å². The van der Waals surface area contributed by atoms with Crippen molar-refractivity contribution in [2.75, 3.05) is 0 Å². The van der Waals surface area contributed by atoms with Gasteiger partial charge in [-0.3, -0.25) is 4.98 Å². The third-order valence-corrected chi connectivity index (χ3v) is 5.09. The lowest BCUT2D eigenvalue weighted by molar-refractivity contribution is -0.207. The predicted molar refractivity (Wildman–Crippen MR) is 107 cm³/mol. The van der Waals surface area contributed by atoms with Crippen molar-refractivity contribution in [1.29, 1.82) is 0 Å². The van der Waals surface area contributed by atoms with Crippen molar-refractivity contribution in [2.24, 2.45) is 0 Å². The van der Waals surface area contributed by atoms with E-state index >= 15 is 8.78 Å². The van der Waals surface area contributed by atoms with Gasteiger partial charge in [-0.05, 0) is 40.8 Å². The maximum Gasteiger partial charge on any atom is 0.323 e. The van der Waals surface area contributed by atoms with Crippen LogP contribution in [0.3, 0.4) is 0 Å². The molecule has 7 nitrogen and oxygen atoms in total. The Morgan fingerprint density at radius 1 is 0.971 bits per heavy atom. The lowest BCUT2D eigenvalue weighted by atomic mass is 9.84. The van der Waals surface area contributed by atoms with E-state index in [9.17, 15) is 18.3 Å². The van der Waals surface area contributed by atoms with Crippen molar-refractivity contribution in [3.8, 4) is 5.75 Å². The minimum atomic E-state index is -4.19. The number of nitrogens with zero attached hydrogens (tertiary/aromatic N) is 5. The van der Waals surface area contributed by atoms with Gasteiger partial charge in [0.1, 0.15) is 41.8 Å². The molecule has 0 saturated carbocycles. The summed E-state index contributed by atoms with van der Waals surface area (Å²) in [6.45, 7) is -1.14. The fraction of sp³-hybridized carbons (Fsp3) is 0.182. The molecule has 0 aliphatic carbocycles. The van der Waals surface area contributed by atoms with Crippen molar-refractivity contribution in [1.82, 2.24) is 25.2 Å². The molecule has 0 amide bonds. The first kappa shape index (κ1) is 23.2. The Labute approximate surface area is 189 Å². The molecule has 2 aromatic carbocycles. The van der Waals surface area contributed by atoms with Crippen LogP contribution in [0, 0.1) is 17.5 Å². The Morgan fingerprint density at radius 2 is 1.76 bits per heavy atom. The molecule has 176 valence electrons. The molecule has 0 aliphatic rings. The summed E-state index contributed by atoms with van der Waals surface area (Å²) in [5.41, 5.74) is -4.80. The van der Waals surface area contributed by atoms with Gasteiger partial charge in [0.2, 0.25) is 0 Å². The van der Waals surface area contributed by atoms with Crippen LogP contribution in [0.5, 0.6) is 5.75 Å². The van der Waals surface area contributed by atoms with Crippen LogP contribution < -0.4 is 4.74 Å². The fourth-order valence-corrected chi connectivity index (χ4v) is 3.31. The second-order valence-electron chi connectivity index (χ2n) is 7.33. The Balaban J connectivity index is 1.65. The van der Waals surface area contributed by atoms with Gasteiger partial charge >= 0.3 is 5.92 Å². The average Bonchev–Trinajstić information content (AvgIpc) is 3.31. The molecular formula is C22H16F5N5O2. The van der Waals surface area contributed by atoms with Gasteiger partial charge in [-0.25, -0.2) is 17.9 Å². The molecule has 1 unspecified atom stereocenters. The second kappa shape index (κ2) is 9.14. The molecular weight excluding hydrogens is 461 g/mol. The van der Waals surface area contributed by atoms with Crippen molar-refractivity contribution >= 4 is 0 Å². The third kappa shape index (κ3) is 4.44. The van der Waals surface area contributed by atoms with Gasteiger partial charge in [0.15, 0.2) is 5.60 Å². The molecule has 2 aromatic heterocycles. The van der Waals surface area contributed by atoms with Gasteiger partial charge in [0.05, 0.1) is 12.7 Å². The number of hydrogen-bond donors (Lipinski definition) is 1. The molecule has 2 heterocycles. The summed E-state index contributed by atoms with van der Waals surface area (Å²) >= 11 is 0. The molecule has 1 atom stereocenters. The Bertz CT molecular complexity index is 1270. The lowest BCUT2D eigenvalue weighted by Crippen LogP contribution is -2.48. The van der Waals surface area contributed by atoms with Crippen molar-refractivity contribution in [3.05, 3.63) is 101 Å². The average molecular weight is 477 g/mol. The summed E-state index contributed by atoms with van der Waals surface area (Å²) in [6, 6.07) is 9.74.